The van der Waals surface area contributed by atoms with Gasteiger partial charge in [0, 0.05) is 20.1 Å². The number of aliphatic hydroxyl groups is 1. The van der Waals surface area contributed by atoms with Crippen molar-refractivity contribution in [2.75, 3.05) is 26.7 Å². The van der Waals surface area contributed by atoms with Crippen molar-refractivity contribution in [1.29, 1.82) is 0 Å². The second-order valence-corrected chi connectivity index (χ2v) is 4.11. The zero-order chi connectivity index (χ0) is 10.6. The first kappa shape index (κ1) is 11.5. The van der Waals surface area contributed by atoms with Crippen LogP contribution in [0.4, 0.5) is 0 Å². The van der Waals surface area contributed by atoms with Crippen molar-refractivity contribution in [1.82, 2.24) is 10.2 Å². The fraction of sp³-hybridized carbons (Fsp3) is 0.900. The Morgan fingerprint density at radius 2 is 2.43 bits per heavy atom. The van der Waals surface area contributed by atoms with E-state index in [4.69, 9.17) is 5.11 Å². The normalized spacial score (nSPS) is 24.4. The average Bonchev–Trinajstić information content (AvgIpc) is 2.17. The Hall–Kier alpha value is -0.610. The zero-order valence-electron chi connectivity index (χ0n) is 8.99. The van der Waals surface area contributed by atoms with E-state index >= 15 is 0 Å². The summed E-state index contributed by atoms with van der Waals surface area (Å²) >= 11 is 0. The SMILES string of the molecule is CC(O)CN(C)C(=O)C1CCCNC1. The summed E-state index contributed by atoms with van der Waals surface area (Å²) in [5, 5.41) is 12.4. The summed E-state index contributed by atoms with van der Waals surface area (Å²) < 4.78 is 0. The van der Waals surface area contributed by atoms with Gasteiger partial charge in [0.15, 0.2) is 0 Å². The Kier molecular flexibility index (Phi) is 4.35. The van der Waals surface area contributed by atoms with Gasteiger partial charge in [0.1, 0.15) is 0 Å². The van der Waals surface area contributed by atoms with Gasteiger partial charge < -0.3 is 15.3 Å². The molecule has 1 saturated heterocycles. The van der Waals surface area contributed by atoms with Crippen LogP contribution in [0.15, 0.2) is 0 Å². The lowest BCUT2D eigenvalue weighted by molar-refractivity contribution is -0.135. The number of carbonyl (C=O) groups excluding carboxylic acids is 1. The number of piperidine rings is 1. The summed E-state index contributed by atoms with van der Waals surface area (Å²) in [6, 6.07) is 0. The van der Waals surface area contributed by atoms with E-state index in [2.05, 4.69) is 5.32 Å². The highest BCUT2D eigenvalue weighted by molar-refractivity contribution is 5.78. The Morgan fingerprint density at radius 1 is 1.71 bits per heavy atom. The largest absolute Gasteiger partial charge is 0.392 e. The molecule has 1 amide bonds. The molecule has 0 aliphatic carbocycles. The van der Waals surface area contributed by atoms with E-state index < -0.39 is 6.10 Å². The molecule has 82 valence electrons. The number of amides is 1. The van der Waals surface area contributed by atoms with Gasteiger partial charge in [-0.15, -0.1) is 0 Å². The maximum absolute atomic E-state index is 11.8. The predicted octanol–water partition coefficient (Wildman–Crippen LogP) is -0.175. The summed E-state index contributed by atoms with van der Waals surface area (Å²) in [5.41, 5.74) is 0. The number of carbonyl (C=O) groups is 1. The number of nitrogens with zero attached hydrogens (tertiary/aromatic N) is 1. The van der Waals surface area contributed by atoms with E-state index in [1.807, 2.05) is 0 Å². The summed E-state index contributed by atoms with van der Waals surface area (Å²) in [7, 11) is 1.75. The van der Waals surface area contributed by atoms with Crippen LogP contribution in [0.25, 0.3) is 0 Å². The molecular weight excluding hydrogens is 180 g/mol. The minimum absolute atomic E-state index is 0.104. The number of rotatable bonds is 3. The molecule has 0 bridgehead atoms. The topological polar surface area (TPSA) is 52.6 Å². The molecule has 4 nitrogen and oxygen atoms in total. The fourth-order valence-corrected chi connectivity index (χ4v) is 1.86. The minimum Gasteiger partial charge on any atom is -0.392 e. The fourth-order valence-electron chi connectivity index (χ4n) is 1.86. The Morgan fingerprint density at radius 3 is 2.93 bits per heavy atom. The molecular formula is C10H20N2O2. The summed E-state index contributed by atoms with van der Waals surface area (Å²) in [4.78, 5) is 13.4. The zero-order valence-corrected chi connectivity index (χ0v) is 8.99. The standard InChI is InChI=1S/C10H20N2O2/c1-8(13)7-12(2)10(14)9-4-3-5-11-6-9/h8-9,11,13H,3-7H2,1-2H3. The Labute approximate surface area is 85.3 Å². The monoisotopic (exact) mass is 200 g/mol. The van der Waals surface area contributed by atoms with Gasteiger partial charge in [-0.3, -0.25) is 4.79 Å². The van der Waals surface area contributed by atoms with Crippen LogP contribution in [0, 0.1) is 5.92 Å². The van der Waals surface area contributed by atoms with Crippen LogP contribution in [0.2, 0.25) is 0 Å². The molecule has 14 heavy (non-hydrogen) atoms. The first-order valence-corrected chi connectivity index (χ1v) is 5.25. The van der Waals surface area contributed by atoms with Crippen LogP contribution >= 0.6 is 0 Å². The molecule has 1 rings (SSSR count). The molecule has 0 saturated carbocycles. The average molecular weight is 200 g/mol. The van der Waals surface area contributed by atoms with Crippen molar-refractivity contribution < 1.29 is 9.90 Å². The lowest BCUT2D eigenvalue weighted by atomic mass is 9.98. The maximum atomic E-state index is 11.8. The van der Waals surface area contributed by atoms with E-state index in [1.165, 1.54) is 0 Å². The highest BCUT2D eigenvalue weighted by atomic mass is 16.3. The van der Waals surface area contributed by atoms with Crippen LogP contribution in [0.1, 0.15) is 19.8 Å². The van der Waals surface area contributed by atoms with Crippen molar-refractivity contribution in [2.24, 2.45) is 5.92 Å². The van der Waals surface area contributed by atoms with E-state index in [1.54, 1.807) is 18.9 Å². The first-order valence-electron chi connectivity index (χ1n) is 5.25. The Balaban J connectivity index is 2.38. The Bertz CT molecular complexity index is 189. The molecule has 1 fully saturated rings. The summed E-state index contributed by atoms with van der Waals surface area (Å²) in [5.74, 6) is 0.255. The molecule has 1 aliphatic rings. The van der Waals surface area contributed by atoms with Crippen LogP contribution in [0.3, 0.4) is 0 Å². The van der Waals surface area contributed by atoms with Crippen LogP contribution < -0.4 is 5.32 Å². The van der Waals surface area contributed by atoms with Crippen LogP contribution in [-0.4, -0.2) is 48.7 Å². The van der Waals surface area contributed by atoms with Gasteiger partial charge in [0.25, 0.3) is 0 Å². The number of hydrogen-bond donors (Lipinski definition) is 2. The number of likely N-dealkylation sites (N-methyl/N-ethyl adjacent to an activating group) is 1. The number of hydrogen-bond acceptors (Lipinski definition) is 3. The number of nitrogens with one attached hydrogen (secondary N) is 1. The molecule has 4 heteroatoms. The minimum atomic E-state index is -0.444. The summed E-state index contributed by atoms with van der Waals surface area (Å²) in [6.07, 6.45) is 1.59. The van der Waals surface area contributed by atoms with Gasteiger partial charge in [0.2, 0.25) is 5.91 Å². The molecule has 0 aromatic heterocycles. The highest BCUT2D eigenvalue weighted by Crippen LogP contribution is 2.12. The maximum Gasteiger partial charge on any atom is 0.226 e. The highest BCUT2D eigenvalue weighted by Gasteiger charge is 2.24. The third-order valence-electron chi connectivity index (χ3n) is 2.56. The molecule has 2 atom stereocenters. The van der Waals surface area contributed by atoms with Crippen molar-refractivity contribution >= 4 is 5.91 Å². The van der Waals surface area contributed by atoms with Crippen molar-refractivity contribution in [3.63, 3.8) is 0 Å². The van der Waals surface area contributed by atoms with E-state index in [9.17, 15) is 4.79 Å². The lowest BCUT2D eigenvalue weighted by Crippen LogP contribution is -2.43. The summed E-state index contributed by atoms with van der Waals surface area (Å²) in [6.45, 7) is 3.92. The van der Waals surface area contributed by atoms with Gasteiger partial charge in [-0.1, -0.05) is 0 Å². The predicted molar refractivity (Wildman–Crippen MR) is 54.9 cm³/mol. The van der Waals surface area contributed by atoms with E-state index in [0.29, 0.717) is 6.54 Å². The molecule has 2 N–H and O–H groups in total. The van der Waals surface area contributed by atoms with Crippen molar-refractivity contribution in [2.45, 2.75) is 25.9 Å². The van der Waals surface area contributed by atoms with E-state index in [-0.39, 0.29) is 11.8 Å². The lowest BCUT2D eigenvalue weighted by Gasteiger charge is -2.27. The van der Waals surface area contributed by atoms with Crippen molar-refractivity contribution in [3.8, 4) is 0 Å². The molecule has 0 spiro atoms. The second-order valence-electron chi connectivity index (χ2n) is 4.11. The quantitative estimate of drug-likeness (QED) is 0.665. The van der Waals surface area contributed by atoms with E-state index in [0.717, 1.165) is 25.9 Å². The van der Waals surface area contributed by atoms with Gasteiger partial charge in [-0.25, -0.2) is 0 Å². The van der Waals surface area contributed by atoms with Gasteiger partial charge in [-0.05, 0) is 26.3 Å². The first-order chi connectivity index (χ1) is 6.61. The molecule has 0 aromatic carbocycles. The molecule has 1 heterocycles. The van der Waals surface area contributed by atoms with Crippen molar-refractivity contribution in [3.05, 3.63) is 0 Å². The molecule has 1 aliphatic heterocycles. The smallest absolute Gasteiger partial charge is 0.226 e. The molecule has 2 unspecified atom stereocenters. The van der Waals surface area contributed by atoms with Crippen LogP contribution in [-0.2, 0) is 4.79 Å². The molecule has 0 radical (unpaired) electrons. The van der Waals surface area contributed by atoms with Gasteiger partial charge in [0.05, 0.1) is 12.0 Å². The van der Waals surface area contributed by atoms with Gasteiger partial charge in [-0.2, -0.15) is 0 Å². The third kappa shape index (κ3) is 3.27. The second kappa shape index (κ2) is 5.32. The van der Waals surface area contributed by atoms with Crippen LogP contribution in [0.5, 0.6) is 0 Å². The third-order valence-corrected chi connectivity index (χ3v) is 2.56. The van der Waals surface area contributed by atoms with Gasteiger partial charge >= 0.3 is 0 Å². The number of aliphatic hydroxyl groups excluding tert-OH is 1. The molecule has 0 aromatic rings.